The molecule has 0 aliphatic heterocycles. The minimum Gasteiger partial charge on any atom is -0.389 e. The molecule has 0 bridgehead atoms. The van der Waals surface area contributed by atoms with Crippen molar-refractivity contribution in [1.82, 2.24) is 15.0 Å². The molecule has 90 valence electrons. The Morgan fingerprint density at radius 3 is 2.69 bits per heavy atom. The summed E-state index contributed by atoms with van der Waals surface area (Å²) < 4.78 is 1.69. The summed E-state index contributed by atoms with van der Waals surface area (Å²) >= 11 is 0. The van der Waals surface area contributed by atoms with E-state index in [4.69, 9.17) is 0 Å². The van der Waals surface area contributed by atoms with Crippen LogP contribution >= 0.6 is 0 Å². The molecule has 1 saturated carbocycles. The van der Waals surface area contributed by atoms with E-state index >= 15 is 0 Å². The lowest BCUT2D eigenvalue weighted by Crippen LogP contribution is -2.36. The Balaban J connectivity index is 1.94. The zero-order valence-electron chi connectivity index (χ0n) is 10.2. The highest BCUT2D eigenvalue weighted by Gasteiger charge is 2.33. The first-order valence-electron chi connectivity index (χ1n) is 6.19. The molecule has 0 spiro atoms. The fourth-order valence-corrected chi connectivity index (χ4v) is 2.61. The van der Waals surface area contributed by atoms with Crippen LogP contribution in [0.1, 0.15) is 44.7 Å². The quantitative estimate of drug-likeness (QED) is 0.848. The van der Waals surface area contributed by atoms with Crippen molar-refractivity contribution in [1.29, 1.82) is 0 Å². The molecular weight excluding hydrogens is 202 g/mol. The van der Waals surface area contributed by atoms with Crippen molar-refractivity contribution in [2.45, 2.75) is 51.0 Å². The lowest BCUT2D eigenvalue weighted by Gasteiger charge is -2.35. The number of aliphatic hydroxyl groups is 1. The van der Waals surface area contributed by atoms with Crippen LogP contribution in [0.3, 0.4) is 0 Å². The molecule has 0 atom stereocenters. The fraction of sp³-hybridized carbons (Fsp3) is 0.833. The minimum atomic E-state index is -0.540. The van der Waals surface area contributed by atoms with Gasteiger partial charge in [-0.1, -0.05) is 18.6 Å². The van der Waals surface area contributed by atoms with Gasteiger partial charge in [0, 0.05) is 19.7 Å². The molecule has 1 N–H and O–H groups in total. The summed E-state index contributed by atoms with van der Waals surface area (Å²) in [7, 11) is 1.86. The number of rotatable bonds is 3. The Hall–Kier alpha value is -0.900. The van der Waals surface area contributed by atoms with Gasteiger partial charge in [-0.3, -0.25) is 4.68 Å². The van der Waals surface area contributed by atoms with Crippen molar-refractivity contribution in [3.63, 3.8) is 0 Å². The largest absolute Gasteiger partial charge is 0.389 e. The van der Waals surface area contributed by atoms with E-state index in [1.165, 1.54) is 6.42 Å². The van der Waals surface area contributed by atoms with Gasteiger partial charge in [0.2, 0.25) is 0 Å². The summed E-state index contributed by atoms with van der Waals surface area (Å²) in [6.45, 7) is 2.23. The maximum Gasteiger partial charge on any atom is 0.0855 e. The number of hydrogen-bond donors (Lipinski definition) is 1. The highest BCUT2D eigenvalue weighted by atomic mass is 16.3. The van der Waals surface area contributed by atoms with Crippen LogP contribution < -0.4 is 0 Å². The molecule has 0 aromatic carbocycles. The third-order valence-corrected chi connectivity index (χ3v) is 3.77. The molecule has 1 aromatic rings. The first-order chi connectivity index (χ1) is 7.61. The molecule has 0 radical (unpaired) electrons. The smallest absolute Gasteiger partial charge is 0.0855 e. The monoisotopic (exact) mass is 223 g/mol. The average Bonchev–Trinajstić information content (AvgIpc) is 2.64. The molecule has 4 heteroatoms. The van der Waals surface area contributed by atoms with Gasteiger partial charge in [-0.25, -0.2) is 0 Å². The maximum absolute atomic E-state index is 10.5. The number of nitrogens with zero attached hydrogens (tertiary/aromatic N) is 3. The summed E-state index contributed by atoms with van der Waals surface area (Å²) in [6, 6.07) is 0. The predicted octanol–water partition coefficient (Wildman–Crippen LogP) is 1.69. The van der Waals surface area contributed by atoms with Crippen LogP contribution in [0.5, 0.6) is 0 Å². The number of aryl methyl sites for hydroxylation is 1. The van der Waals surface area contributed by atoms with Crippen LogP contribution in [-0.4, -0.2) is 25.7 Å². The van der Waals surface area contributed by atoms with Gasteiger partial charge >= 0.3 is 0 Å². The molecule has 1 aliphatic carbocycles. The normalized spacial score (nSPS) is 30.6. The Kier molecular flexibility index (Phi) is 3.28. The molecule has 0 saturated heterocycles. The zero-order chi connectivity index (χ0) is 11.6. The van der Waals surface area contributed by atoms with E-state index in [0.29, 0.717) is 6.42 Å². The van der Waals surface area contributed by atoms with E-state index in [0.717, 1.165) is 37.3 Å². The Bertz CT molecular complexity index is 340. The van der Waals surface area contributed by atoms with Gasteiger partial charge in [-0.2, -0.15) is 0 Å². The van der Waals surface area contributed by atoms with E-state index in [9.17, 15) is 5.11 Å². The van der Waals surface area contributed by atoms with Crippen molar-refractivity contribution in [3.05, 3.63) is 11.9 Å². The molecule has 1 heterocycles. The van der Waals surface area contributed by atoms with Gasteiger partial charge in [-0.15, -0.1) is 5.10 Å². The Labute approximate surface area is 96.7 Å². The first-order valence-corrected chi connectivity index (χ1v) is 6.19. The molecule has 0 unspecified atom stereocenters. The van der Waals surface area contributed by atoms with E-state index in [1.54, 1.807) is 4.68 Å². The second-order valence-electron chi connectivity index (χ2n) is 5.14. The van der Waals surface area contributed by atoms with Crippen molar-refractivity contribution in [2.24, 2.45) is 13.0 Å². The molecule has 1 aromatic heterocycles. The van der Waals surface area contributed by atoms with Gasteiger partial charge in [0.05, 0.1) is 11.3 Å². The van der Waals surface area contributed by atoms with E-state index < -0.39 is 5.60 Å². The van der Waals surface area contributed by atoms with Crippen LogP contribution in [-0.2, 0) is 13.5 Å². The van der Waals surface area contributed by atoms with Crippen LogP contribution in [0.25, 0.3) is 0 Å². The first kappa shape index (κ1) is 11.6. The SMILES string of the molecule is CCC1CCC(O)(Cc2cn(C)nn2)CC1. The topological polar surface area (TPSA) is 50.9 Å². The van der Waals surface area contributed by atoms with Crippen LogP contribution in [0.2, 0.25) is 0 Å². The van der Waals surface area contributed by atoms with Gasteiger partial charge in [-0.05, 0) is 31.6 Å². The molecule has 1 aliphatic rings. The maximum atomic E-state index is 10.5. The van der Waals surface area contributed by atoms with Crippen LogP contribution in [0.15, 0.2) is 6.20 Å². The Morgan fingerprint density at radius 2 is 2.19 bits per heavy atom. The second-order valence-corrected chi connectivity index (χ2v) is 5.14. The summed E-state index contributed by atoms with van der Waals surface area (Å²) in [5.41, 5.74) is 0.363. The van der Waals surface area contributed by atoms with Gasteiger partial charge in [0.15, 0.2) is 0 Å². The van der Waals surface area contributed by atoms with E-state index in [1.807, 2.05) is 13.2 Å². The van der Waals surface area contributed by atoms with Crippen LogP contribution in [0.4, 0.5) is 0 Å². The Morgan fingerprint density at radius 1 is 1.50 bits per heavy atom. The zero-order valence-corrected chi connectivity index (χ0v) is 10.2. The average molecular weight is 223 g/mol. The summed E-state index contributed by atoms with van der Waals surface area (Å²) in [6.07, 6.45) is 7.88. The number of hydrogen-bond acceptors (Lipinski definition) is 3. The van der Waals surface area contributed by atoms with Crippen molar-refractivity contribution in [2.75, 3.05) is 0 Å². The van der Waals surface area contributed by atoms with Gasteiger partial charge in [0.25, 0.3) is 0 Å². The highest BCUT2D eigenvalue weighted by molar-refractivity contribution is 5.01. The third kappa shape index (κ3) is 2.61. The number of aromatic nitrogens is 3. The van der Waals surface area contributed by atoms with Crippen molar-refractivity contribution < 1.29 is 5.11 Å². The van der Waals surface area contributed by atoms with Gasteiger partial charge in [0.1, 0.15) is 0 Å². The molecule has 1 fully saturated rings. The minimum absolute atomic E-state index is 0.540. The van der Waals surface area contributed by atoms with Crippen molar-refractivity contribution in [3.8, 4) is 0 Å². The molecule has 0 amide bonds. The van der Waals surface area contributed by atoms with Gasteiger partial charge < -0.3 is 5.11 Å². The molecule has 2 rings (SSSR count). The van der Waals surface area contributed by atoms with Crippen molar-refractivity contribution >= 4 is 0 Å². The molecular formula is C12H21N3O. The standard InChI is InChI=1S/C12H21N3O/c1-3-10-4-6-12(16,7-5-10)8-11-9-15(2)14-13-11/h9-10,16H,3-8H2,1-2H3. The summed E-state index contributed by atoms with van der Waals surface area (Å²) in [4.78, 5) is 0. The second kappa shape index (κ2) is 4.53. The highest BCUT2D eigenvalue weighted by Crippen LogP contribution is 2.35. The van der Waals surface area contributed by atoms with Crippen LogP contribution in [0, 0.1) is 5.92 Å². The molecule has 4 nitrogen and oxygen atoms in total. The summed E-state index contributed by atoms with van der Waals surface area (Å²) in [5.74, 6) is 0.808. The van der Waals surface area contributed by atoms with E-state index in [2.05, 4.69) is 17.2 Å². The summed E-state index contributed by atoms with van der Waals surface area (Å²) in [5, 5.41) is 18.4. The lowest BCUT2D eigenvalue weighted by atomic mass is 9.76. The predicted molar refractivity (Wildman–Crippen MR) is 61.9 cm³/mol. The van der Waals surface area contributed by atoms with E-state index in [-0.39, 0.29) is 0 Å². The molecule has 16 heavy (non-hydrogen) atoms. The third-order valence-electron chi connectivity index (χ3n) is 3.77. The fourth-order valence-electron chi connectivity index (χ4n) is 2.61. The lowest BCUT2D eigenvalue weighted by molar-refractivity contribution is -0.00999.